The van der Waals surface area contributed by atoms with Gasteiger partial charge in [0.2, 0.25) is 17.2 Å². The van der Waals surface area contributed by atoms with E-state index >= 15 is 0 Å². The molecule has 0 atom stereocenters. The highest BCUT2D eigenvalue weighted by atomic mass is 19.4. The summed E-state index contributed by atoms with van der Waals surface area (Å²) in [6.45, 7) is -1.23. The number of halogens is 15. The van der Waals surface area contributed by atoms with E-state index in [-0.39, 0.29) is 56.4 Å². The maximum absolute atomic E-state index is 13.4. The number of hydrogen-bond donors (Lipinski definition) is 0. The predicted octanol–water partition coefficient (Wildman–Crippen LogP) is 15.0. The van der Waals surface area contributed by atoms with Gasteiger partial charge in [0, 0.05) is 5.56 Å². The second-order valence-corrected chi connectivity index (χ2v) is 14.7. The molecule has 0 bridgehead atoms. The van der Waals surface area contributed by atoms with Gasteiger partial charge in [-0.15, -0.1) is 0 Å². The Kier molecular flexibility index (Phi) is 14.6. The maximum atomic E-state index is 13.4. The standard InChI is InChI=1S/C47H33F15O5/c1-27-38(63-22-28-2-12-33(13-3-28)43(48,49)50)40(65-24-30-6-16-35(17-7-30)45(54,55)56)42(67-26-32-10-20-37(21-11-32)47(60,61)62)41(66-25-31-8-18-36(19-9-31)46(57,58)59)39(27)64-23-29-4-14-34(15-5-29)44(51,52)53/h2-21H,22-26H2,1H3. The van der Waals surface area contributed by atoms with E-state index in [1.807, 2.05) is 0 Å². The molecular weight excluding hydrogens is 929 g/mol. The average Bonchev–Trinajstić information content (AvgIpc) is 3.25. The van der Waals surface area contributed by atoms with E-state index in [1.165, 1.54) is 6.92 Å². The SMILES string of the molecule is Cc1c(OCc2ccc(C(F)(F)F)cc2)c(OCc2ccc(C(F)(F)F)cc2)c(OCc2ccc(C(F)(F)F)cc2)c(OCc2ccc(C(F)(F)F)cc2)c1OCc1ccc(C(F)(F)F)cc1. The van der Waals surface area contributed by atoms with Crippen LogP contribution in [0.15, 0.2) is 121 Å². The molecule has 0 aliphatic heterocycles. The molecule has 0 fully saturated rings. The molecule has 0 unspecified atom stereocenters. The molecule has 6 aromatic carbocycles. The third kappa shape index (κ3) is 13.0. The van der Waals surface area contributed by atoms with Crippen molar-refractivity contribution >= 4 is 0 Å². The number of benzene rings is 6. The van der Waals surface area contributed by atoms with E-state index in [1.54, 1.807) is 0 Å². The van der Waals surface area contributed by atoms with Crippen molar-refractivity contribution in [2.24, 2.45) is 0 Å². The fourth-order valence-electron chi connectivity index (χ4n) is 6.22. The van der Waals surface area contributed by atoms with Crippen molar-refractivity contribution in [1.29, 1.82) is 0 Å². The van der Waals surface area contributed by atoms with Crippen molar-refractivity contribution in [3.63, 3.8) is 0 Å². The maximum Gasteiger partial charge on any atom is 0.416 e. The smallest absolute Gasteiger partial charge is 0.416 e. The van der Waals surface area contributed by atoms with Gasteiger partial charge in [0.05, 0.1) is 27.8 Å². The Hall–Kier alpha value is -6.73. The summed E-state index contributed by atoms with van der Waals surface area (Å²) in [5, 5.41) is 0. The summed E-state index contributed by atoms with van der Waals surface area (Å²) in [6.07, 6.45) is -23.5. The van der Waals surface area contributed by atoms with Crippen LogP contribution in [0.2, 0.25) is 0 Å². The van der Waals surface area contributed by atoms with Gasteiger partial charge in [-0.3, -0.25) is 0 Å². The zero-order chi connectivity index (χ0) is 49.0. The molecule has 0 heterocycles. The lowest BCUT2D eigenvalue weighted by Crippen LogP contribution is -2.11. The third-order valence-corrected chi connectivity index (χ3v) is 9.83. The quantitative estimate of drug-likeness (QED) is 0.0960. The summed E-state index contributed by atoms with van der Waals surface area (Å²) in [5.74, 6) is -1.78. The fourth-order valence-corrected chi connectivity index (χ4v) is 6.22. The van der Waals surface area contributed by atoms with Gasteiger partial charge >= 0.3 is 30.9 Å². The van der Waals surface area contributed by atoms with Crippen LogP contribution < -0.4 is 23.7 Å². The first-order valence-corrected chi connectivity index (χ1v) is 19.4. The molecule has 356 valence electrons. The normalized spacial score (nSPS) is 12.5. The van der Waals surface area contributed by atoms with E-state index < -0.39 is 97.5 Å². The number of hydrogen-bond acceptors (Lipinski definition) is 5. The second kappa shape index (κ2) is 19.6. The zero-order valence-electron chi connectivity index (χ0n) is 34.3. The molecule has 0 spiro atoms. The van der Waals surface area contributed by atoms with Gasteiger partial charge in [-0.1, -0.05) is 60.7 Å². The first-order chi connectivity index (χ1) is 31.3. The van der Waals surface area contributed by atoms with Gasteiger partial charge in [-0.05, 0) is 95.4 Å². The lowest BCUT2D eigenvalue weighted by atomic mass is 10.1. The Balaban J connectivity index is 1.50. The summed E-state index contributed by atoms with van der Waals surface area (Å²) in [5.41, 5.74) is -4.26. The molecule has 20 heteroatoms. The third-order valence-electron chi connectivity index (χ3n) is 9.83. The van der Waals surface area contributed by atoms with Gasteiger partial charge in [0.25, 0.3) is 0 Å². The minimum Gasteiger partial charge on any atom is -0.484 e. The number of rotatable bonds is 15. The predicted molar refractivity (Wildman–Crippen MR) is 210 cm³/mol. The first kappa shape index (κ1) is 49.7. The van der Waals surface area contributed by atoms with Crippen LogP contribution in [0.5, 0.6) is 28.7 Å². The van der Waals surface area contributed by atoms with Crippen LogP contribution in [0.4, 0.5) is 65.9 Å². The molecule has 6 rings (SSSR count). The Morgan fingerprint density at radius 1 is 0.254 bits per heavy atom. The molecular formula is C47H33F15O5. The molecule has 0 aliphatic rings. The topological polar surface area (TPSA) is 46.2 Å². The Bertz CT molecular complexity index is 2430. The second-order valence-electron chi connectivity index (χ2n) is 14.7. The highest BCUT2D eigenvalue weighted by Gasteiger charge is 2.35. The summed E-state index contributed by atoms with van der Waals surface area (Å²) in [6, 6.07) is 18.6. The van der Waals surface area contributed by atoms with Crippen LogP contribution in [0.3, 0.4) is 0 Å². The van der Waals surface area contributed by atoms with E-state index in [2.05, 4.69) is 0 Å². The molecule has 5 nitrogen and oxygen atoms in total. The van der Waals surface area contributed by atoms with E-state index in [9.17, 15) is 65.9 Å². The van der Waals surface area contributed by atoms with Gasteiger partial charge < -0.3 is 23.7 Å². The highest BCUT2D eigenvalue weighted by molar-refractivity contribution is 5.70. The van der Waals surface area contributed by atoms with Crippen LogP contribution in [-0.4, -0.2) is 0 Å². The molecule has 0 N–H and O–H groups in total. The summed E-state index contributed by atoms with van der Waals surface area (Å²) < 4.78 is 232. The molecule has 0 amide bonds. The molecule has 67 heavy (non-hydrogen) atoms. The van der Waals surface area contributed by atoms with Gasteiger partial charge in [0.15, 0.2) is 11.5 Å². The summed E-state index contributed by atoms with van der Waals surface area (Å²) in [4.78, 5) is 0. The molecule has 0 saturated heterocycles. The van der Waals surface area contributed by atoms with E-state index in [4.69, 9.17) is 23.7 Å². The van der Waals surface area contributed by atoms with Gasteiger partial charge in [0.1, 0.15) is 33.0 Å². The minimum atomic E-state index is -4.71. The highest BCUT2D eigenvalue weighted by Crippen LogP contribution is 2.55. The first-order valence-electron chi connectivity index (χ1n) is 19.4. The molecule has 0 aliphatic carbocycles. The van der Waals surface area contributed by atoms with Gasteiger partial charge in [-0.2, -0.15) is 65.9 Å². The zero-order valence-corrected chi connectivity index (χ0v) is 34.3. The van der Waals surface area contributed by atoms with Crippen LogP contribution in [-0.2, 0) is 63.9 Å². The minimum absolute atomic E-state index is 0.0226. The summed E-state index contributed by atoms with van der Waals surface area (Å²) >= 11 is 0. The molecule has 6 aromatic rings. The number of ether oxygens (including phenoxy) is 5. The van der Waals surface area contributed by atoms with Crippen LogP contribution in [0, 0.1) is 6.92 Å². The summed E-state index contributed by atoms with van der Waals surface area (Å²) in [7, 11) is 0. The Morgan fingerprint density at radius 2 is 0.403 bits per heavy atom. The van der Waals surface area contributed by atoms with E-state index in [0.29, 0.717) is 0 Å². The largest absolute Gasteiger partial charge is 0.484 e. The van der Waals surface area contributed by atoms with Crippen molar-refractivity contribution < 1.29 is 89.5 Å². The van der Waals surface area contributed by atoms with Crippen molar-refractivity contribution in [2.75, 3.05) is 0 Å². The van der Waals surface area contributed by atoms with Crippen LogP contribution in [0.25, 0.3) is 0 Å². The van der Waals surface area contributed by atoms with E-state index in [0.717, 1.165) is 121 Å². The molecule has 0 radical (unpaired) electrons. The fraction of sp³-hybridized carbons (Fsp3) is 0.234. The molecule has 0 saturated carbocycles. The van der Waals surface area contributed by atoms with Crippen molar-refractivity contribution in [1.82, 2.24) is 0 Å². The monoisotopic (exact) mass is 962 g/mol. The van der Waals surface area contributed by atoms with Crippen LogP contribution in [0.1, 0.15) is 61.2 Å². The molecule has 0 aromatic heterocycles. The van der Waals surface area contributed by atoms with Crippen molar-refractivity contribution in [3.8, 4) is 28.7 Å². The van der Waals surface area contributed by atoms with Crippen molar-refractivity contribution in [2.45, 2.75) is 70.8 Å². The lowest BCUT2D eigenvalue weighted by molar-refractivity contribution is -0.138. The Labute approximate surface area is 371 Å². The van der Waals surface area contributed by atoms with Crippen LogP contribution >= 0.6 is 0 Å². The average molecular weight is 963 g/mol. The van der Waals surface area contributed by atoms with Crippen molar-refractivity contribution in [3.05, 3.63) is 183 Å². The van der Waals surface area contributed by atoms with Gasteiger partial charge in [-0.25, -0.2) is 0 Å². The lowest BCUT2D eigenvalue weighted by Gasteiger charge is -2.25. The Morgan fingerprint density at radius 3 is 0.567 bits per heavy atom. The number of alkyl halides is 15.